The van der Waals surface area contributed by atoms with E-state index in [1.807, 2.05) is 18.2 Å². The molecule has 0 heterocycles. The van der Waals surface area contributed by atoms with Crippen LogP contribution in [0.15, 0.2) is 35.2 Å². The fourth-order valence-electron chi connectivity index (χ4n) is 5.34. The third-order valence-electron chi connectivity index (χ3n) is 7.47. The SMILES string of the molecule is CCCCCCCCCCCc1cc(S(=O)(=O)[O-])c2c(CCCCCCCCCCC)cccc2c1.[K+]. The molecule has 0 aliphatic carbocycles. The average Bonchev–Trinajstić information content (AvgIpc) is 2.85. The van der Waals surface area contributed by atoms with Gasteiger partial charge in [0.1, 0.15) is 10.1 Å². The normalized spacial score (nSPS) is 11.6. The second-order valence-corrected chi connectivity index (χ2v) is 12.1. The van der Waals surface area contributed by atoms with Crippen molar-refractivity contribution in [1.29, 1.82) is 0 Å². The van der Waals surface area contributed by atoms with Crippen molar-refractivity contribution in [2.24, 2.45) is 0 Å². The quantitative estimate of drug-likeness (QED) is 0.0958. The summed E-state index contributed by atoms with van der Waals surface area (Å²) >= 11 is 0. The first-order chi connectivity index (χ1) is 17.5. The van der Waals surface area contributed by atoms with Crippen molar-refractivity contribution >= 4 is 20.9 Å². The molecule has 0 atom stereocenters. The van der Waals surface area contributed by atoms with Gasteiger partial charge in [0.05, 0.1) is 4.90 Å². The maximum absolute atomic E-state index is 12.2. The van der Waals surface area contributed by atoms with E-state index in [-0.39, 0.29) is 56.3 Å². The third-order valence-corrected chi connectivity index (χ3v) is 8.34. The van der Waals surface area contributed by atoms with Gasteiger partial charge in [-0.25, -0.2) is 8.42 Å². The molecule has 0 unspecified atom stereocenters. The van der Waals surface area contributed by atoms with Gasteiger partial charge in [-0.3, -0.25) is 0 Å². The van der Waals surface area contributed by atoms with Crippen molar-refractivity contribution in [1.82, 2.24) is 0 Å². The maximum atomic E-state index is 12.2. The van der Waals surface area contributed by atoms with Crippen LogP contribution in [0.25, 0.3) is 10.8 Å². The summed E-state index contributed by atoms with van der Waals surface area (Å²) in [6.45, 7) is 4.49. The number of hydrogen-bond acceptors (Lipinski definition) is 3. The second-order valence-electron chi connectivity index (χ2n) is 10.7. The van der Waals surface area contributed by atoms with Crippen molar-refractivity contribution < 1.29 is 64.4 Å². The molecule has 0 amide bonds. The monoisotopic (exact) mass is 554 g/mol. The number of rotatable bonds is 21. The summed E-state index contributed by atoms with van der Waals surface area (Å²) in [5.41, 5.74) is 1.97. The Bertz CT molecular complexity index is 971. The van der Waals surface area contributed by atoms with Gasteiger partial charge in [-0.2, -0.15) is 0 Å². The number of unbranched alkanes of at least 4 members (excludes halogenated alkanes) is 16. The van der Waals surface area contributed by atoms with Gasteiger partial charge >= 0.3 is 51.4 Å². The van der Waals surface area contributed by atoms with Gasteiger partial charge in [0.25, 0.3) is 0 Å². The van der Waals surface area contributed by atoms with Gasteiger partial charge in [-0.1, -0.05) is 141 Å². The second kappa shape index (κ2) is 21.1. The predicted molar refractivity (Wildman–Crippen MR) is 154 cm³/mol. The summed E-state index contributed by atoms with van der Waals surface area (Å²) in [5, 5.41) is 1.55. The van der Waals surface area contributed by atoms with Gasteiger partial charge in [0.15, 0.2) is 0 Å². The smallest absolute Gasteiger partial charge is 0.744 e. The Morgan fingerprint density at radius 1 is 0.622 bits per heavy atom. The molecule has 0 N–H and O–H groups in total. The van der Waals surface area contributed by atoms with E-state index in [0.717, 1.165) is 55.0 Å². The van der Waals surface area contributed by atoms with Gasteiger partial charge in [-0.05, 0) is 48.3 Å². The van der Waals surface area contributed by atoms with Crippen LogP contribution in [0.2, 0.25) is 0 Å². The summed E-state index contributed by atoms with van der Waals surface area (Å²) in [5.74, 6) is 0. The van der Waals surface area contributed by atoms with Crippen LogP contribution in [0.4, 0.5) is 0 Å². The van der Waals surface area contributed by atoms with Crippen LogP contribution in [0.5, 0.6) is 0 Å². The molecule has 0 radical (unpaired) electrons. The van der Waals surface area contributed by atoms with Crippen LogP contribution in [0, 0.1) is 0 Å². The molecule has 5 heteroatoms. The Morgan fingerprint density at radius 2 is 1.08 bits per heavy atom. The Morgan fingerprint density at radius 3 is 1.57 bits per heavy atom. The molecule has 204 valence electrons. The minimum Gasteiger partial charge on any atom is -0.744 e. The largest absolute Gasteiger partial charge is 1.00 e. The molecule has 0 aliphatic heterocycles. The van der Waals surface area contributed by atoms with E-state index in [9.17, 15) is 13.0 Å². The van der Waals surface area contributed by atoms with E-state index >= 15 is 0 Å². The first-order valence-corrected chi connectivity index (χ1v) is 16.4. The Labute approximate surface area is 271 Å². The fourth-order valence-corrected chi connectivity index (χ4v) is 6.13. The molecule has 37 heavy (non-hydrogen) atoms. The molecule has 0 saturated carbocycles. The first kappa shape index (κ1) is 35.3. The van der Waals surface area contributed by atoms with Gasteiger partial charge in [0.2, 0.25) is 0 Å². The summed E-state index contributed by atoms with van der Waals surface area (Å²) in [7, 11) is -4.53. The van der Waals surface area contributed by atoms with E-state index in [4.69, 9.17) is 0 Å². The third kappa shape index (κ3) is 14.4. The van der Waals surface area contributed by atoms with Crippen LogP contribution in [0.1, 0.15) is 141 Å². The summed E-state index contributed by atoms with van der Waals surface area (Å²) in [6, 6.07) is 9.74. The van der Waals surface area contributed by atoms with Gasteiger partial charge in [0, 0.05) is 5.39 Å². The molecule has 0 bridgehead atoms. The molecule has 0 spiro atoms. The minimum atomic E-state index is -4.53. The molecular weight excluding hydrogens is 504 g/mol. The van der Waals surface area contributed by atoms with Crippen LogP contribution in [0.3, 0.4) is 0 Å². The van der Waals surface area contributed by atoms with E-state index in [1.165, 1.54) is 89.9 Å². The predicted octanol–water partition coefficient (Wildman–Crippen LogP) is 6.89. The molecule has 2 aromatic carbocycles. The number of aryl methyl sites for hydroxylation is 2. The Balaban J connectivity index is 0.00000684. The van der Waals surface area contributed by atoms with Crippen molar-refractivity contribution in [3.63, 3.8) is 0 Å². The van der Waals surface area contributed by atoms with Crippen LogP contribution in [-0.2, 0) is 23.0 Å². The summed E-state index contributed by atoms with van der Waals surface area (Å²) in [4.78, 5) is -0.0163. The summed E-state index contributed by atoms with van der Waals surface area (Å²) < 4.78 is 36.7. The van der Waals surface area contributed by atoms with Crippen LogP contribution >= 0.6 is 0 Å². The summed E-state index contributed by atoms with van der Waals surface area (Å²) in [6.07, 6.45) is 24.3. The minimum absolute atomic E-state index is 0. The molecule has 2 aromatic rings. The number of hydrogen-bond donors (Lipinski definition) is 0. The molecule has 3 nitrogen and oxygen atoms in total. The molecular formula is C32H51KO3S. The number of fused-ring (bicyclic) bond motifs is 1. The molecule has 0 fully saturated rings. The van der Waals surface area contributed by atoms with Crippen molar-refractivity contribution in [3.05, 3.63) is 41.5 Å². The topological polar surface area (TPSA) is 57.2 Å². The van der Waals surface area contributed by atoms with Gasteiger partial charge < -0.3 is 4.55 Å². The fraction of sp³-hybridized carbons (Fsp3) is 0.688. The van der Waals surface area contributed by atoms with E-state index in [2.05, 4.69) is 19.9 Å². The van der Waals surface area contributed by atoms with Crippen molar-refractivity contribution in [2.45, 2.75) is 147 Å². The zero-order chi connectivity index (χ0) is 26.1. The van der Waals surface area contributed by atoms with Crippen molar-refractivity contribution in [3.8, 4) is 0 Å². The zero-order valence-corrected chi connectivity index (χ0v) is 28.1. The van der Waals surface area contributed by atoms with E-state index in [1.54, 1.807) is 6.07 Å². The molecule has 2 rings (SSSR count). The molecule has 0 aliphatic rings. The molecule has 0 aromatic heterocycles. The molecule has 0 saturated heterocycles. The van der Waals surface area contributed by atoms with Crippen molar-refractivity contribution in [2.75, 3.05) is 0 Å². The first-order valence-electron chi connectivity index (χ1n) is 15.0. The van der Waals surface area contributed by atoms with E-state index in [0.29, 0.717) is 5.39 Å². The zero-order valence-electron chi connectivity index (χ0n) is 24.2. The van der Waals surface area contributed by atoms with Crippen LogP contribution < -0.4 is 51.4 Å². The van der Waals surface area contributed by atoms with Crippen LogP contribution in [-0.4, -0.2) is 13.0 Å². The standard InChI is InChI=1S/C32H52O3S.K/c1-3-5-7-9-11-13-15-17-19-22-28-26-30-25-21-24-29(32(30)31(27-28)36(33,34)35)23-20-18-16-14-12-10-8-6-4-2;/h21,24-27H,3-20,22-23H2,1-2H3,(H,33,34,35);/q;+1/p-1. The maximum Gasteiger partial charge on any atom is 1.00 e. The Hall–Kier alpha value is 0.246. The number of benzene rings is 2. The van der Waals surface area contributed by atoms with Gasteiger partial charge in [-0.15, -0.1) is 0 Å². The Kier molecular flexibility index (Phi) is 20.1. The average molecular weight is 555 g/mol. The van der Waals surface area contributed by atoms with E-state index < -0.39 is 10.1 Å².